The van der Waals surface area contributed by atoms with Crippen LogP contribution >= 0.6 is 11.3 Å². The Morgan fingerprint density at radius 2 is 1.82 bits per heavy atom. The molecule has 0 bridgehead atoms. The van der Waals surface area contributed by atoms with E-state index in [0.717, 1.165) is 37.2 Å². The molecule has 0 N–H and O–H groups in total. The lowest BCUT2D eigenvalue weighted by Gasteiger charge is -2.31. The molecule has 1 saturated heterocycles. The molecule has 22 heavy (non-hydrogen) atoms. The van der Waals surface area contributed by atoms with E-state index in [1.807, 2.05) is 59.5 Å². The topological polar surface area (TPSA) is 23.6 Å². The number of rotatable bonds is 3. The molecule has 0 atom stereocenters. The van der Waals surface area contributed by atoms with Gasteiger partial charge in [0.15, 0.2) is 0 Å². The molecule has 1 aliphatic rings. The highest BCUT2D eigenvalue weighted by molar-refractivity contribution is 7.10. The normalized spacial score (nSPS) is 15.8. The van der Waals surface area contributed by atoms with E-state index in [4.69, 9.17) is 0 Å². The standard InChI is InChI=1S/C18H22N2OS/c1-19(2)16-7-5-15(6-8-16)18(21)20-11-9-14(10-12-20)17-4-3-13-22-17/h3-8,13-14H,9-12H2,1-2H3. The number of thiophene rings is 1. The molecule has 1 amide bonds. The zero-order valence-electron chi connectivity index (χ0n) is 13.2. The third kappa shape index (κ3) is 3.17. The van der Waals surface area contributed by atoms with Crippen molar-refractivity contribution in [3.05, 3.63) is 52.2 Å². The van der Waals surface area contributed by atoms with Crippen LogP contribution in [0.1, 0.15) is 34.0 Å². The van der Waals surface area contributed by atoms with Crippen molar-refractivity contribution in [1.29, 1.82) is 0 Å². The van der Waals surface area contributed by atoms with Crippen molar-refractivity contribution in [3.63, 3.8) is 0 Å². The lowest BCUT2D eigenvalue weighted by molar-refractivity contribution is 0.0714. The second-order valence-electron chi connectivity index (χ2n) is 6.02. The van der Waals surface area contributed by atoms with E-state index in [1.54, 1.807) is 0 Å². The molecule has 3 rings (SSSR count). The molecule has 1 aromatic heterocycles. The summed E-state index contributed by atoms with van der Waals surface area (Å²) in [6.45, 7) is 1.72. The van der Waals surface area contributed by atoms with Crippen LogP contribution in [0.15, 0.2) is 41.8 Å². The van der Waals surface area contributed by atoms with Crippen LogP contribution in [0.2, 0.25) is 0 Å². The quantitative estimate of drug-likeness (QED) is 0.859. The zero-order valence-corrected chi connectivity index (χ0v) is 14.0. The summed E-state index contributed by atoms with van der Waals surface area (Å²) in [6.07, 6.45) is 2.14. The molecule has 3 nitrogen and oxygen atoms in total. The number of likely N-dealkylation sites (tertiary alicyclic amines) is 1. The molecule has 116 valence electrons. The molecule has 0 saturated carbocycles. The number of carbonyl (C=O) groups excluding carboxylic acids is 1. The molecule has 0 unspecified atom stereocenters. The fourth-order valence-corrected chi connectivity index (χ4v) is 3.87. The fourth-order valence-electron chi connectivity index (χ4n) is 2.98. The number of amides is 1. The van der Waals surface area contributed by atoms with Gasteiger partial charge in [0.05, 0.1) is 0 Å². The van der Waals surface area contributed by atoms with Gasteiger partial charge in [-0.1, -0.05) is 6.07 Å². The molecule has 1 fully saturated rings. The van der Waals surface area contributed by atoms with Crippen LogP contribution in [0, 0.1) is 0 Å². The van der Waals surface area contributed by atoms with Crippen molar-refractivity contribution in [2.75, 3.05) is 32.1 Å². The second-order valence-corrected chi connectivity index (χ2v) is 7.00. The Morgan fingerprint density at radius 1 is 1.14 bits per heavy atom. The summed E-state index contributed by atoms with van der Waals surface area (Å²) >= 11 is 1.83. The van der Waals surface area contributed by atoms with E-state index in [9.17, 15) is 4.79 Å². The van der Waals surface area contributed by atoms with Gasteiger partial charge in [0.2, 0.25) is 0 Å². The monoisotopic (exact) mass is 314 g/mol. The Balaban J connectivity index is 1.62. The minimum Gasteiger partial charge on any atom is -0.378 e. The molecular formula is C18H22N2OS. The predicted molar refractivity (Wildman–Crippen MR) is 93.0 cm³/mol. The maximum absolute atomic E-state index is 12.6. The van der Waals surface area contributed by atoms with E-state index in [0.29, 0.717) is 5.92 Å². The van der Waals surface area contributed by atoms with Crippen LogP contribution < -0.4 is 4.90 Å². The third-order valence-corrected chi connectivity index (χ3v) is 5.39. The van der Waals surface area contributed by atoms with Crippen LogP contribution in [0.25, 0.3) is 0 Å². The Kier molecular flexibility index (Phi) is 4.48. The van der Waals surface area contributed by atoms with Gasteiger partial charge in [-0.25, -0.2) is 0 Å². The van der Waals surface area contributed by atoms with Crippen molar-refractivity contribution < 1.29 is 4.79 Å². The van der Waals surface area contributed by atoms with Crippen LogP contribution in [-0.2, 0) is 0 Å². The van der Waals surface area contributed by atoms with E-state index in [2.05, 4.69) is 17.5 Å². The molecule has 1 aliphatic heterocycles. The summed E-state index contributed by atoms with van der Waals surface area (Å²) in [5.41, 5.74) is 1.91. The minimum absolute atomic E-state index is 0.162. The average molecular weight is 314 g/mol. The number of hydrogen-bond donors (Lipinski definition) is 0. The first-order valence-corrected chi connectivity index (χ1v) is 8.63. The molecule has 1 aromatic carbocycles. The summed E-state index contributed by atoms with van der Waals surface area (Å²) in [5, 5.41) is 2.14. The van der Waals surface area contributed by atoms with Crippen LogP contribution in [0.4, 0.5) is 5.69 Å². The number of benzene rings is 1. The van der Waals surface area contributed by atoms with Gasteiger partial charge in [0.1, 0.15) is 0 Å². The maximum atomic E-state index is 12.6. The molecular weight excluding hydrogens is 292 g/mol. The summed E-state index contributed by atoms with van der Waals surface area (Å²) in [4.78, 5) is 18.1. The van der Waals surface area contributed by atoms with Crippen molar-refractivity contribution >= 4 is 22.9 Å². The second kappa shape index (κ2) is 6.53. The Bertz CT molecular complexity index is 611. The van der Waals surface area contributed by atoms with Gasteiger partial charge in [-0.2, -0.15) is 0 Å². The number of carbonyl (C=O) groups is 1. The average Bonchev–Trinajstić information content (AvgIpc) is 3.09. The largest absolute Gasteiger partial charge is 0.378 e. The van der Waals surface area contributed by atoms with Gasteiger partial charge in [-0.3, -0.25) is 4.79 Å². The molecule has 4 heteroatoms. The van der Waals surface area contributed by atoms with E-state index in [-0.39, 0.29) is 5.91 Å². The first-order valence-electron chi connectivity index (χ1n) is 7.75. The van der Waals surface area contributed by atoms with Gasteiger partial charge in [0, 0.05) is 43.3 Å². The van der Waals surface area contributed by atoms with Crippen molar-refractivity contribution in [1.82, 2.24) is 4.90 Å². The van der Waals surface area contributed by atoms with Crippen LogP contribution in [-0.4, -0.2) is 38.0 Å². The summed E-state index contributed by atoms with van der Waals surface area (Å²) in [5.74, 6) is 0.787. The number of hydrogen-bond acceptors (Lipinski definition) is 3. The molecule has 0 radical (unpaired) electrons. The first kappa shape index (κ1) is 15.1. The number of piperidine rings is 1. The lowest BCUT2D eigenvalue weighted by atomic mass is 9.95. The number of anilines is 1. The highest BCUT2D eigenvalue weighted by Crippen LogP contribution is 2.31. The third-order valence-electron chi connectivity index (χ3n) is 4.36. The smallest absolute Gasteiger partial charge is 0.253 e. The fraction of sp³-hybridized carbons (Fsp3) is 0.389. The SMILES string of the molecule is CN(C)c1ccc(C(=O)N2CCC(c3cccs3)CC2)cc1. The van der Waals surface area contributed by atoms with Gasteiger partial charge < -0.3 is 9.80 Å². The van der Waals surface area contributed by atoms with E-state index >= 15 is 0 Å². The molecule has 0 spiro atoms. The van der Waals surface area contributed by atoms with Crippen molar-refractivity contribution in [2.24, 2.45) is 0 Å². The molecule has 2 heterocycles. The van der Waals surface area contributed by atoms with Crippen molar-refractivity contribution in [3.8, 4) is 0 Å². The molecule has 2 aromatic rings. The van der Waals surface area contributed by atoms with Gasteiger partial charge in [-0.15, -0.1) is 11.3 Å². The summed E-state index contributed by atoms with van der Waals surface area (Å²) in [7, 11) is 4.01. The minimum atomic E-state index is 0.162. The van der Waals surface area contributed by atoms with Gasteiger partial charge in [0.25, 0.3) is 5.91 Å². The maximum Gasteiger partial charge on any atom is 0.253 e. The highest BCUT2D eigenvalue weighted by atomic mass is 32.1. The Hall–Kier alpha value is -1.81. The molecule has 0 aliphatic carbocycles. The van der Waals surface area contributed by atoms with E-state index < -0.39 is 0 Å². The first-order chi connectivity index (χ1) is 10.6. The Labute approximate surface area is 136 Å². The summed E-state index contributed by atoms with van der Waals surface area (Å²) < 4.78 is 0. The lowest BCUT2D eigenvalue weighted by Crippen LogP contribution is -2.37. The summed E-state index contributed by atoms with van der Waals surface area (Å²) in [6, 6.07) is 12.2. The van der Waals surface area contributed by atoms with Crippen LogP contribution in [0.3, 0.4) is 0 Å². The predicted octanol–water partition coefficient (Wildman–Crippen LogP) is 3.83. The van der Waals surface area contributed by atoms with E-state index in [1.165, 1.54) is 4.88 Å². The Morgan fingerprint density at radius 3 is 2.36 bits per heavy atom. The van der Waals surface area contributed by atoms with Gasteiger partial charge in [-0.05, 0) is 54.5 Å². The number of nitrogens with zero attached hydrogens (tertiary/aromatic N) is 2. The highest BCUT2D eigenvalue weighted by Gasteiger charge is 2.24. The van der Waals surface area contributed by atoms with Gasteiger partial charge >= 0.3 is 0 Å². The van der Waals surface area contributed by atoms with Crippen LogP contribution in [0.5, 0.6) is 0 Å². The zero-order chi connectivity index (χ0) is 15.5. The van der Waals surface area contributed by atoms with Crippen molar-refractivity contribution in [2.45, 2.75) is 18.8 Å².